The molecule has 0 heterocycles. The molecule has 0 aromatic heterocycles. The largest absolute Gasteiger partial charge is 0.330 e. The van der Waals surface area contributed by atoms with Gasteiger partial charge in [0, 0.05) is 0 Å². The first-order chi connectivity index (χ1) is 7.10. The average Bonchev–Trinajstić information content (AvgIpc) is 2.22. The summed E-state index contributed by atoms with van der Waals surface area (Å²) in [5.74, 6) is -2.09. The number of benzene rings is 1. The lowest BCUT2D eigenvalue weighted by Crippen LogP contribution is -2.07. The van der Waals surface area contributed by atoms with E-state index in [1.54, 1.807) is 6.92 Å². The Bertz CT molecular complexity index is 339. The summed E-state index contributed by atoms with van der Waals surface area (Å²) < 4.78 is 38.8. The van der Waals surface area contributed by atoms with Gasteiger partial charge in [-0.15, -0.1) is 0 Å². The first kappa shape index (κ1) is 12.0. The second-order valence-corrected chi connectivity index (χ2v) is 3.59. The third-order valence-corrected chi connectivity index (χ3v) is 2.40. The van der Waals surface area contributed by atoms with Crippen LogP contribution in [0.5, 0.6) is 0 Å². The third kappa shape index (κ3) is 2.72. The van der Waals surface area contributed by atoms with E-state index in [0.717, 1.165) is 6.07 Å². The van der Waals surface area contributed by atoms with E-state index < -0.39 is 18.3 Å². The number of hydrogen-bond acceptors (Lipinski definition) is 1. The van der Waals surface area contributed by atoms with Gasteiger partial charge in [0.2, 0.25) is 0 Å². The molecule has 0 saturated heterocycles. The summed E-state index contributed by atoms with van der Waals surface area (Å²) in [5, 5.41) is 0. The SMILES string of the molecule is CC(CCN)c1cc(CF)cc(F)c1F. The molecule has 0 aliphatic carbocycles. The zero-order valence-electron chi connectivity index (χ0n) is 8.56. The Kier molecular flexibility index (Phi) is 4.15. The van der Waals surface area contributed by atoms with E-state index >= 15 is 0 Å². The zero-order chi connectivity index (χ0) is 11.4. The lowest BCUT2D eigenvalue weighted by atomic mass is 9.95. The highest BCUT2D eigenvalue weighted by Crippen LogP contribution is 2.25. The van der Waals surface area contributed by atoms with Gasteiger partial charge in [0.05, 0.1) is 0 Å². The van der Waals surface area contributed by atoms with E-state index in [-0.39, 0.29) is 17.0 Å². The smallest absolute Gasteiger partial charge is 0.162 e. The average molecular weight is 217 g/mol. The molecule has 0 saturated carbocycles. The quantitative estimate of drug-likeness (QED) is 0.824. The Morgan fingerprint density at radius 2 is 2.00 bits per heavy atom. The van der Waals surface area contributed by atoms with E-state index in [1.165, 1.54) is 6.07 Å². The van der Waals surface area contributed by atoms with E-state index in [4.69, 9.17) is 5.73 Å². The van der Waals surface area contributed by atoms with Gasteiger partial charge >= 0.3 is 0 Å². The van der Waals surface area contributed by atoms with Crippen molar-refractivity contribution in [2.75, 3.05) is 6.54 Å². The Balaban J connectivity index is 3.09. The molecule has 4 heteroatoms. The van der Waals surface area contributed by atoms with Gasteiger partial charge < -0.3 is 5.73 Å². The molecule has 0 aliphatic heterocycles. The molecule has 0 amide bonds. The summed E-state index contributed by atoms with van der Waals surface area (Å²) in [7, 11) is 0. The van der Waals surface area contributed by atoms with Gasteiger partial charge in [-0.3, -0.25) is 0 Å². The van der Waals surface area contributed by atoms with E-state index in [9.17, 15) is 13.2 Å². The molecule has 0 aliphatic rings. The molecule has 1 nitrogen and oxygen atoms in total. The molecule has 0 radical (unpaired) electrons. The van der Waals surface area contributed by atoms with Crippen molar-refractivity contribution in [1.82, 2.24) is 0 Å². The monoisotopic (exact) mass is 217 g/mol. The fourth-order valence-corrected chi connectivity index (χ4v) is 1.51. The maximum Gasteiger partial charge on any atom is 0.162 e. The van der Waals surface area contributed by atoms with Gasteiger partial charge in [-0.05, 0) is 42.1 Å². The first-order valence-electron chi connectivity index (χ1n) is 4.84. The number of nitrogens with two attached hydrogens (primary N) is 1. The predicted molar refractivity (Wildman–Crippen MR) is 53.3 cm³/mol. The highest BCUT2D eigenvalue weighted by Gasteiger charge is 2.15. The molecule has 1 aromatic carbocycles. The van der Waals surface area contributed by atoms with E-state index in [0.29, 0.717) is 13.0 Å². The van der Waals surface area contributed by atoms with Gasteiger partial charge in [-0.25, -0.2) is 13.2 Å². The maximum absolute atomic E-state index is 13.4. The van der Waals surface area contributed by atoms with Crippen LogP contribution in [-0.2, 0) is 6.67 Å². The molecule has 0 spiro atoms. The Morgan fingerprint density at radius 3 is 2.53 bits per heavy atom. The number of alkyl halides is 1. The Labute approximate surface area is 87.1 Å². The molecular weight excluding hydrogens is 203 g/mol. The molecule has 15 heavy (non-hydrogen) atoms. The van der Waals surface area contributed by atoms with Crippen LogP contribution in [0.15, 0.2) is 12.1 Å². The van der Waals surface area contributed by atoms with Gasteiger partial charge in [0.25, 0.3) is 0 Å². The second-order valence-electron chi connectivity index (χ2n) is 3.59. The van der Waals surface area contributed by atoms with Gasteiger partial charge in [-0.1, -0.05) is 6.92 Å². The highest BCUT2D eigenvalue weighted by molar-refractivity contribution is 5.28. The molecule has 1 unspecified atom stereocenters. The Hall–Kier alpha value is -1.03. The number of halogens is 3. The number of rotatable bonds is 4. The lowest BCUT2D eigenvalue weighted by molar-refractivity contribution is 0.463. The van der Waals surface area contributed by atoms with Gasteiger partial charge in [0.1, 0.15) is 6.67 Å². The van der Waals surface area contributed by atoms with Crippen LogP contribution >= 0.6 is 0 Å². The van der Waals surface area contributed by atoms with Crippen LogP contribution < -0.4 is 5.73 Å². The van der Waals surface area contributed by atoms with Gasteiger partial charge in [0.15, 0.2) is 11.6 Å². The van der Waals surface area contributed by atoms with Crippen molar-refractivity contribution < 1.29 is 13.2 Å². The van der Waals surface area contributed by atoms with Crippen LogP contribution in [0.2, 0.25) is 0 Å². The van der Waals surface area contributed by atoms with Crippen LogP contribution in [0.1, 0.15) is 30.4 Å². The molecule has 1 aromatic rings. The molecule has 84 valence electrons. The Morgan fingerprint density at radius 1 is 1.33 bits per heavy atom. The highest BCUT2D eigenvalue weighted by atomic mass is 19.2. The van der Waals surface area contributed by atoms with Gasteiger partial charge in [-0.2, -0.15) is 0 Å². The van der Waals surface area contributed by atoms with Crippen LogP contribution in [-0.4, -0.2) is 6.54 Å². The van der Waals surface area contributed by atoms with Crippen molar-refractivity contribution in [3.8, 4) is 0 Å². The van der Waals surface area contributed by atoms with Crippen LogP contribution in [0, 0.1) is 11.6 Å². The molecule has 1 atom stereocenters. The zero-order valence-corrected chi connectivity index (χ0v) is 8.56. The van der Waals surface area contributed by atoms with Crippen molar-refractivity contribution in [2.24, 2.45) is 5.73 Å². The van der Waals surface area contributed by atoms with E-state index in [2.05, 4.69) is 0 Å². The van der Waals surface area contributed by atoms with E-state index in [1.807, 2.05) is 0 Å². The fourth-order valence-electron chi connectivity index (χ4n) is 1.51. The minimum absolute atomic E-state index is 0.160. The third-order valence-electron chi connectivity index (χ3n) is 2.40. The minimum atomic E-state index is -0.996. The summed E-state index contributed by atoms with van der Waals surface area (Å²) in [6, 6.07) is 2.24. The van der Waals surface area contributed by atoms with Crippen molar-refractivity contribution in [3.63, 3.8) is 0 Å². The van der Waals surface area contributed by atoms with Crippen LogP contribution in [0.25, 0.3) is 0 Å². The fraction of sp³-hybridized carbons (Fsp3) is 0.455. The molecule has 1 rings (SSSR count). The molecule has 0 fully saturated rings. The molecule has 0 bridgehead atoms. The first-order valence-corrected chi connectivity index (χ1v) is 4.84. The lowest BCUT2D eigenvalue weighted by Gasteiger charge is -2.13. The van der Waals surface area contributed by atoms with Crippen LogP contribution in [0.3, 0.4) is 0 Å². The van der Waals surface area contributed by atoms with Crippen molar-refractivity contribution in [3.05, 3.63) is 34.9 Å². The normalized spacial score (nSPS) is 12.9. The standard InChI is InChI=1S/C11H14F3N/c1-7(2-3-15)9-4-8(6-12)5-10(13)11(9)14/h4-5,7H,2-3,6,15H2,1H3. The molecular formula is C11H14F3N. The summed E-state index contributed by atoms with van der Waals surface area (Å²) in [6.45, 7) is 1.34. The summed E-state index contributed by atoms with van der Waals surface area (Å²) in [6.07, 6.45) is 0.548. The maximum atomic E-state index is 13.4. The molecule has 2 N–H and O–H groups in total. The van der Waals surface area contributed by atoms with Crippen molar-refractivity contribution >= 4 is 0 Å². The van der Waals surface area contributed by atoms with Crippen LogP contribution in [0.4, 0.5) is 13.2 Å². The topological polar surface area (TPSA) is 26.0 Å². The summed E-state index contributed by atoms with van der Waals surface area (Å²) in [5.41, 5.74) is 5.70. The van der Waals surface area contributed by atoms with Crippen molar-refractivity contribution in [1.29, 1.82) is 0 Å². The number of hydrogen-bond donors (Lipinski definition) is 1. The summed E-state index contributed by atoms with van der Waals surface area (Å²) >= 11 is 0. The second kappa shape index (κ2) is 5.16. The predicted octanol–water partition coefficient (Wildman–Crippen LogP) is 2.89. The van der Waals surface area contributed by atoms with Crippen molar-refractivity contribution in [2.45, 2.75) is 25.9 Å². The minimum Gasteiger partial charge on any atom is -0.330 e. The summed E-state index contributed by atoms with van der Waals surface area (Å²) in [4.78, 5) is 0.